The molecule has 1 unspecified atom stereocenters. The van der Waals surface area contributed by atoms with Crippen LogP contribution in [0.3, 0.4) is 0 Å². The number of hydrogen-bond donors (Lipinski definition) is 2. The molecule has 21 heavy (non-hydrogen) atoms. The van der Waals surface area contributed by atoms with Gasteiger partial charge in [-0.1, -0.05) is 13.8 Å². The molecule has 7 heteroatoms. The molecule has 1 rings (SSSR count). The standard InChI is InChI=1S/C14H25N3O4/c1-4-15-12(18)8-17-6-5-16-14(20)11(17)7-13(19)21-9-10(2)3/h10-11H,4-9H2,1-3H3,(H,15,18)(H,16,20). The summed E-state index contributed by atoms with van der Waals surface area (Å²) < 4.78 is 5.11. The maximum atomic E-state index is 11.9. The molecule has 1 aliphatic rings. The second-order valence-corrected chi connectivity index (χ2v) is 5.51. The molecular formula is C14H25N3O4. The third-order valence-corrected chi connectivity index (χ3v) is 3.10. The van der Waals surface area contributed by atoms with Gasteiger partial charge in [0.25, 0.3) is 0 Å². The normalized spacial score (nSPS) is 19.2. The molecule has 120 valence electrons. The first-order valence-electron chi connectivity index (χ1n) is 7.38. The van der Waals surface area contributed by atoms with Crippen LogP contribution in [0.2, 0.25) is 0 Å². The van der Waals surface area contributed by atoms with E-state index in [1.807, 2.05) is 20.8 Å². The number of ether oxygens (including phenoxy) is 1. The van der Waals surface area contributed by atoms with Crippen LogP contribution in [0.15, 0.2) is 0 Å². The van der Waals surface area contributed by atoms with Gasteiger partial charge < -0.3 is 15.4 Å². The summed E-state index contributed by atoms with van der Waals surface area (Å²) in [4.78, 5) is 37.1. The molecule has 0 bridgehead atoms. The van der Waals surface area contributed by atoms with Gasteiger partial charge in [0.1, 0.15) is 6.04 Å². The number of hydrogen-bond acceptors (Lipinski definition) is 5. The average Bonchev–Trinajstić information content (AvgIpc) is 2.40. The lowest BCUT2D eigenvalue weighted by Crippen LogP contribution is -2.58. The van der Waals surface area contributed by atoms with Crippen molar-refractivity contribution in [2.75, 3.05) is 32.8 Å². The fraction of sp³-hybridized carbons (Fsp3) is 0.786. The van der Waals surface area contributed by atoms with Gasteiger partial charge >= 0.3 is 5.97 Å². The summed E-state index contributed by atoms with van der Waals surface area (Å²) in [5.74, 6) is -0.535. The van der Waals surface area contributed by atoms with Crippen LogP contribution in [0.1, 0.15) is 27.2 Å². The number of likely N-dealkylation sites (N-methyl/N-ethyl adjacent to an activating group) is 1. The number of carbonyl (C=O) groups is 3. The molecule has 0 saturated carbocycles. The van der Waals surface area contributed by atoms with Crippen LogP contribution in [-0.4, -0.2) is 61.5 Å². The third-order valence-electron chi connectivity index (χ3n) is 3.10. The monoisotopic (exact) mass is 299 g/mol. The molecule has 0 aliphatic carbocycles. The third kappa shape index (κ3) is 6.12. The Balaban J connectivity index is 2.57. The molecule has 0 aromatic rings. The first-order valence-corrected chi connectivity index (χ1v) is 7.38. The van der Waals surface area contributed by atoms with Crippen molar-refractivity contribution in [3.05, 3.63) is 0 Å². The van der Waals surface area contributed by atoms with Gasteiger partial charge in [0.2, 0.25) is 11.8 Å². The number of carbonyl (C=O) groups excluding carboxylic acids is 3. The summed E-state index contributed by atoms with van der Waals surface area (Å²) in [6.07, 6.45) is -0.0298. The van der Waals surface area contributed by atoms with E-state index >= 15 is 0 Å². The first kappa shape index (κ1) is 17.4. The van der Waals surface area contributed by atoms with Gasteiger partial charge in [0.05, 0.1) is 19.6 Å². The Hall–Kier alpha value is -1.63. The Morgan fingerprint density at radius 1 is 1.48 bits per heavy atom. The molecule has 0 aromatic heterocycles. The molecule has 2 N–H and O–H groups in total. The summed E-state index contributed by atoms with van der Waals surface area (Å²) in [7, 11) is 0. The van der Waals surface area contributed by atoms with Gasteiger partial charge in [-0.05, 0) is 12.8 Å². The van der Waals surface area contributed by atoms with Gasteiger partial charge in [-0.3, -0.25) is 19.3 Å². The molecule has 0 radical (unpaired) electrons. The highest BCUT2D eigenvalue weighted by Gasteiger charge is 2.33. The quantitative estimate of drug-likeness (QED) is 0.620. The van der Waals surface area contributed by atoms with E-state index < -0.39 is 12.0 Å². The molecule has 1 aliphatic heterocycles. The van der Waals surface area contributed by atoms with Crippen molar-refractivity contribution in [1.29, 1.82) is 0 Å². The molecule has 1 saturated heterocycles. The predicted molar refractivity (Wildman–Crippen MR) is 77.5 cm³/mol. The van der Waals surface area contributed by atoms with Crippen molar-refractivity contribution in [3.63, 3.8) is 0 Å². The maximum Gasteiger partial charge on any atom is 0.307 e. The fourth-order valence-corrected chi connectivity index (χ4v) is 2.09. The molecule has 1 heterocycles. The molecule has 1 fully saturated rings. The maximum absolute atomic E-state index is 11.9. The lowest BCUT2D eigenvalue weighted by molar-refractivity contribution is -0.150. The summed E-state index contributed by atoms with van der Waals surface area (Å²) >= 11 is 0. The van der Waals surface area contributed by atoms with Crippen LogP contribution in [0, 0.1) is 5.92 Å². The summed E-state index contributed by atoms with van der Waals surface area (Å²) in [6.45, 7) is 7.75. The van der Waals surface area contributed by atoms with Crippen molar-refractivity contribution in [2.24, 2.45) is 5.92 Å². The molecule has 0 aromatic carbocycles. The van der Waals surface area contributed by atoms with Crippen molar-refractivity contribution < 1.29 is 19.1 Å². The topological polar surface area (TPSA) is 87.7 Å². The smallest absolute Gasteiger partial charge is 0.307 e. The second-order valence-electron chi connectivity index (χ2n) is 5.51. The number of amides is 2. The van der Waals surface area contributed by atoms with Gasteiger partial charge in [-0.25, -0.2) is 0 Å². The average molecular weight is 299 g/mol. The highest BCUT2D eigenvalue weighted by atomic mass is 16.5. The number of piperazine rings is 1. The van der Waals surface area contributed by atoms with Crippen LogP contribution in [0.25, 0.3) is 0 Å². The van der Waals surface area contributed by atoms with Crippen LogP contribution in [0.4, 0.5) is 0 Å². The van der Waals surface area contributed by atoms with Crippen LogP contribution in [-0.2, 0) is 19.1 Å². The van der Waals surface area contributed by atoms with E-state index in [0.717, 1.165) is 0 Å². The minimum Gasteiger partial charge on any atom is -0.465 e. The Morgan fingerprint density at radius 3 is 2.81 bits per heavy atom. The SMILES string of the molecule is CCNC(=O)CN1CCNC(=O)C1CC(=O)OCC(C)C. The van der Waals surface area contributed by atoms with Gasteiger partial charge in [-0.15, -0.1) is 0 Å². The van der Waals surface area contributed by atoms with E-state index in [1.165, 1.54) is 0 Å². The number of nitrogens with zero attached hydrogens (tertiary/aromatic N) is 1. The van der Waals surface area contributed by atoms with Crippen LogP contribution >= 0.6 is 0 Å². The van der Waals surface area contributed by atoms with E-state index in [1.54, 1.807) is 4.90 Å². The minimum absolute atomic E-state index is 0.0298. The summed E-state index contributed by atoms with van der Waals surface area (Å²) in [6, 6.07) is -0.638. The van der Waals surface area contributed by atoms with Gasteiger partial charge in [0, 0.05) is 19.6 Å². The molecular weight excluding hydrogens is 274 g/mol. The van der Waals surface area contributed by atoms with Crippen molar-refractivity contribution in [2.45, 2.75) is 33.2 Å². The zero-order valence-corrected chi connectivity index (χ0v) is 13.0. The Morgan fingerprint density at radius 2 is 2.19 bits per heavy atom. The number of esters is 1. The van der Waals surface area contributed by atoms with Gasteiger partial charge in [0.15, 0.2) is 0 Å². The molecule has 1 atom stereocenters. The Kier molecular flexibility index (Phi) is 7.14. The zero-order chi connectivity index (χ0) is 15.8. The second kappa shape index (κ2) is 8.61. The van der Waals surface area contributed by atoms with Crippen LogP contribution < -0.4 is 10.6 Å². The summed E-state index contributed by atoms with van der Waals surface area (Å²) in [5, 5.41) is 5.41. The van der Waals surface area contributed by atoms with Crippen molar-refractivity contribution in [3.8, 4) is 0 Å². The van der Waals surface area contributed by atoms with Crippen molar-refractivity contribution in [1.82, 2.24) is 15.5 Å². The van der Waals surface area contributed by atoms with Gasteiger partial charge in [-0.2, -0.15) is 0 Å². The summed E-state index contributed by atoms with van der Waals surface area (Å²) in [5.41, 5.74) is 0. The fourth-order valence-electron chi connectivity index (χ4n) is 2.09. The van der Waals surface area contributed by atoms with E-state index in [0.29, 0.717) is 26.2 Å². The Bertz CT molecular complexity index is 384. The highest BCUT2D eigenvalue weighted by Crippen LogP contribution is 2.10. The minimum atomic E-state index is -0.638. The predicted octanol–water partition coefficient (Wildman–Crippen LogP) is -0.488. The van der Waals surface area contributed by atoms with E-state index in [2.05, 4.69) is 10.6 Å². The van der Waals surface area contributed by atoms with E-state index in [9.17, 15) is 14.4 Å². The van der Waals surface area contributed by atoms with Crippen LogP contribution in [0.5, 0.6) is 0 Å². The highest BCUT2D eigenvalue weighted by molar-refractivity contribution is 5.88. The largest absolute Gasteiger partial charge is 0.465 e. The number of rotatable bonds is 7. The molecule has 7 nitrogen and oxygen atoms in total. The van der Waals surface area contributed by atoms with E-state index in [-0.39, 0.29) is 30.7 Å². The molecule has 0 spiro atoms. The first-order chi connectivity index (χ1) is 9.93. The lowest BCUT2D eigenvalue weighted by atomic mass is 10.1. The zero-order valence-electron chi connectivity index (χ0n) is 13.0. The van der Waals surface area contributed by atoms with Crippen molar-refractivity contribution >= 4 is 17.8 Å². The Labute approximate surface area is 125 Å². The lowest BCUT2D eigenvalue weighted by Gasteiger charge is -2.33. The molecule has 2 amide bonds. The van der Waals surface area contributed by atoms with E-state index in [4.69, 9.17) is 4.74 Å². The number of nitrogens with one attached hydrogen (secondary N) is 2.